The minimum atomic E-state index is -3.82. The number of hydrogen-bond donors (Lipinski definition) is 1. The summed E-state index contributed by atoms with van der Waals surface area (Å²) in [6.07, 6.45) is 0.978. The van der Waals surface area contributed by atoms with E-state index in [9.17, 15) is 17.6 Å². The van der Waals surface area contributed by atoms with Gasteiger partial charge in [-0.05, 0) is 49.7 Å². The molecule has 0 saturated heterocycles. The Bertz CT molecular complexity index is 1010. The molecular formula is C20H23FN2O5S. The first-order valence-corrected chi connectivity index (χ1v) is 11.0. The van der Waals surface area contributed by atoms with Gasteiger partial charge in [0.05, 0.1) is 18.0 Å². The van der Waals surface area contributed by atoms with E-state index in [2.05, 4.69) is 5.32 Å². The second-order valence-electron chi connectivity index (χ2n) is 6.85. The fourth-order valence-electron chi connectivity index (χ4n) is 3.17. The summed E-state index contributed by atoms with van der Waals surface area (Å²) >= 11 is 0. The van der Waals surface area contributed by atoms with Gasteiger partial charge < -0.3 is 14.8 Å². The maximum absolute atomic E-state index is 13.6. The van der Waals surface area contributed by atoms with Crippen LogP contribution >= 0.6 is 0 Å². The Balaban J connectivity index is 1.79. The van der Waals surface area contributed by atoms with E-state index in [1.807, 2.05) is 6.07 Å². The summed E-state index contributed by atoms with van der Waals surface area (Å²) in [5.41, 5.74) is 0.869. The fraction of sp³-hybridized carbons (Fsp3) is 0.350. The number of sulfonamides is 1. The molecule has 2 unspecified atom stereocenters. The monoisotopic (exact) mass is 422 g/mol. The van der Waals surface area contributed by atoms with Gasteiger partial charge in [0.25, 0.3) is 0 Å². The molecule has 0 saturated carbocycles. The van der Waals surface area contributed by atoms with E-state index >= 15 is 0 Å². The van der Waals surface area contributed by atoms with Gasteiger partial charge in [0, 0.05) is 0 Å². The van der Waals surface area contributed by atoms with Gasteiger partial charge in [-0.1, -0.05) is 12.1 Å². The molecule has 0 radical (unpaired) electrons. The number of carbonyl (C=O) groups is 1. The van der Waals surface area contributed by atoms with Crippen molar-refractivity contribution in [2.45, 2.75) is 25.9 Å². The van der Waals surface area contributed by atoms with Crippen molar-refractivity contribution in [3.8, 4) is 11.5 Å². The van der Waals surface area contributed by atoms with Gasteiger partial charge >= 0.3 is 0 Å². The minimum absolute atomic E-state index is 0.0853. The number of nitrogens with one attached hydrogen (secondary N) is 1. The molecule has 29 heavy (non-hydrogen) atoms. The van der Waals surface area contributed by atoms with Gasteiger partial charge in [-0.15, -0.1) is 0 Å². The zero-order valence-corrected chi connectivity index (χ0v) is 17.2. The highest BCUT2D eigenvalue weighted by atomic mass is 32.2. The summed E-state index contributed by atoms with van der Waals surface area (Å²) in [4.78, 5) is 12.8. The lowest BCUT2D eigenvalue weighted by molar-refractivity contribution is -0.122. The highest BCUT2D eigenvalue weighted by molar-refractivity contribution is 7.92. The Kier molecular flexibility index (Phi) is 5.97. The third kappa shape index (κ3) is 4.79. The van der Waals surface area contributed by atoms with Gasteiger partial charge in [0.2, 0.25) is 15.9 Å². The maximum atomic E-state index is 13.6. The molecule has 7 nitrogen and oxygen atoms in total. The molecular weight excluding hydrogens is 399 g/mol. The van der Waals surface area contributed by atoms with Crippen molar-refractivity contribution in [3.05, 3.63) is 53.8 Å². The Morgan fingerprint density at radius 1 is 1.10 bits per heavy atom. The zero-order chi connectivity index (χ0) is 21.2. The average Bonchev–Trinajstić information content (AvgIpc) is 2.66. The second-order valence-corrected chi connectivity index (χ2v) is 8.71. The number of rotatable bonds is 6. The molecule has 1 aliphatic heterocycles. The Labute approximate surface area is 169 Å². The van der Waals surface area contributed by atoms with E-state index in [4.69, 9.17) is 9.47 Å². The molecule has 0 aliphatic carbocycles. The third-order valence-electron chi connectivity index (χ3n) is 4.58. The van der Waals surface area contributed by atoms with E-state index in [0.717, 1.165) is 22.2 Å². The van der Waals surface area contributed by atoms with Crippen LogP contribution in [0, 0.1) is 5.82 Å². The molecule has 1 amide bonds. The highest BCUT2D eigenvalue weighted by Crippen LogP contribution is 2.32. The van der Waals surface area contributed by atoms with Crippen LogP contribution < -0.4 is 19.1 Å². The lowest BCUT2D eigenvalue weighted by atomic mass is 10.1. The van der Waals surface area contributed by atoms with Crippen LogP contribution in [0.15, 0.2) is 42.5 Å². The molecule has 2 aromatic rings. The lowest BCUT2D eigenvalue weighted by Gasteiger charge is -2.29. The molecule has 0 bridgehead atoms. The fourth-order valence-corrected chi connectivity index (χ4v) is 4.34. The predicted octanol–water partition coefficient (Wildman–Crippen LogP) is 2.63. The minimum Gasteiger partial charge on any atom is -0.486 e. The van der Waals surface area contributed by atoms with E-state index in [1.54, 1.807) is 19.1 Å². The molecule has 1 aliphatic rings. The van der Waals surface area contributed by atoms with Gasteiger partial charge in [-0.25, -0.2) is 12.8 Å². The zero-order valence-electron chi connectivity index (χ0n) is 16.4. The summed E-state index contributed by atoms with van der Waals surface area (Å²) in [6, 6.07) is 9.00. The van der Waals surface area contributed by atoms with Crippen molar-refractivity contribution in [1.82, 2.24) is 5.32 Å². The lowest BCUT2D eigenvalue weighted by Crippen LogP contribution is -2.48. The molecule has 156 valence electrons. The molecule has 2 aromatic carbocycles. The molecule has 3 rings (SSSR count). The van der Waals surface area contributed by atoms with Crippen LogP contribution in [-0.4, -0.2) is 39.8 Å². The normalized spacial score (nSPS) is 15.3. The molecule has 2 atom stereocenters. The van der Waals surface area contributed by atoms with Crippen LogP contribution in [-0.2, 0) is 14.8 Å². The van der Waals surface area contributed by atoms with Crippen molar-refractivity contribution in [2.75, 3.05) is 23.8 Å². The van der Waals surface area contributed by atoms with E-state index in [0.29, 0.717) is 24.7 Å². The first-order valence-electron chi connectivity index (χ1n) is 9.11. The van der Waals surface area contributed by atoms with Crippen molar-refractivity contribution in [2.24, 2.45) is 0 Å². The number of carbonyl (C=O) groups excluding carboxylic acids is 1. The Morgan fingerprint density at radius 3 is 2.45 bits per heavy atom. The van der Waals surface area contributed by atoms with Crippen LogP contribution in [0.3, 0.4) is 0 Å². The number of benzene rings is 2. The summed E-state index contributed by atoms with van der Waals surface area (Å²) in [5, 5.41) is 2.80. The Morgan fingerprint density at radius 2 is 1.79 bits per heavy atom. The van der Waals surface area contributed by atoms with Crippen LogP contribution in [0.5, 0.6) is 11.5 Å². The summed E-state index contributed by atoms with van der Waals surface area (Å²) in [6.45, 7) is 4.17. The molecule has 1 N–H and O–H groups in total. The van der Waals surface area contributed by atoms with Gasteiger partial charge in [-0.2, -0.15) is 0 Å². The molecule has 9 heteroatoms. The summed E-state index contributed by atoms with van der Waals surface area (Å²) in [5.74, 6) is 0.136. The highest BCUT2D eigenvalue weighted by Gasteiger charge is 2.30. The predicted molar refractivity (Wildman–Crippen MR) is 107 cm³/mol. The van der Waals surface area contributed by atoms with Crippen LogP contribution in [0.25, 0.3) is 0 Å². The number of halogens is 1. The Hall–Kier alpha value is -2.81. The second kappa shape index (κ2) is 8.28. The molecule has 0 spiro atoms. The summed E-state index contributed by atoms with van der Waals surface area (Å²) < 4.78 is 50.2. The number of hydrogen-bond acceptors (Lipinski definition) is 5. The van der Waals surface area contributed by atoms with Crippen molar-refractivity contribution in [3.63, 3.8) is 0 Å². The number of amides is 1. The topological polar surface area (TPSA) is 84.9 Å². The van der Waals surface area contributed by atoms with Crippen LogP contribution in [0.1, 0.15) is 25.5 Å². The first-order chi connectivity index (χ1) is 13.7. The quantitative estimate of drug-likeness (QED) is 0.774. The van der Waals surface area contributed by atoms with Gasteiger partial charge in [0.15, 0.2) is 11.5 Å². The van der Waals surface area contributed by atoms with Crippen molar-refractivity contribution in [1.29, 1.82) is 0 Å². The van der Waals surface area contributed by atoms with Crippen LogP contribution in [0.4, 0.5) is 10.1 Å². The van der Waals surface area contributed by atoms with E-state index < -0.39 is 33.8 Å². The number of nitrogens with zero attached hydrogens (tertiary/aromatic N) is 1. The molecule has 0 fully saturated rings. The first kappa shape index (κ1) is 20.9. The van der Waals surface area contributed by atoms with Crippen LogP contribution in [0.2, 0.25) is 0 Å². The SMILES string of the molecule is CC(NC(=O)C(C)N(c1cccc(F)c1)S(C)(=O)=O)c1ccc2c(c1)OCCO2. The number of anilines is 1. The summed E-state index contributed by atoms with van der Waals surface area (Å²) in [7, 11) is -3.82. The number of fused-ring (bicyclic) bond motifs is 1. The maximum Gasteiger partial charge on any atom is 0.244 e. The van der Waals surface area contributed by atoms with E-state index in [1.165, 1.54) is 25.1 Å². The van der Waals surface area contributed by atoms with Crippen molar-refractivity contribution < 1.29 is 27.1 Å². The largest absolute Gasteiger partial charge is 0.486 e. The smallest absolute Gasteiger partial charge is 0.244 e. The molecule has 0 aromatic heterocycles. The van der Waals surface area contributed by atoms with Crippen molar-refractivity contribution >= 4 is 21.6 Å². The van der Waals surface area contributed by atoms with Gasteiger partial charge in [0.1, 0.15) is 25.1 Å². The van der Waals surface area contributed by atoms with Gasteiger partial charge in [-0.3, -0.25) is 9.10 Å². The third-order valence-corrected chi connectivity index (χ3v) is 5.82. The number of ether oxygens (including phenoxy) is 2. The standard InChI is InChI=1S/C20H23FN2O5S/c1-13(15-7-8-18-19(11-15)28-10-9-27-18)22-20(24)14(2)23(29(3,25)26)17-6-4-5-16(21)12-17/h4-8,11-14H,9-10H2,1-3H3,(H,22,24). The molecule has 1 heterocycles. The average molecular weight is 422 g/mol. The van der Waals surface area contributed by atoms with E-state index in [-0.39, 0.29) is 5.69 Å².